The second-order valence-electron chi connectivity index (χ2n) is 7.33. The van der Waals surface area contributed by atoms with E-state index in [1.165, 1.54) is 14.2 Å². The standard InChI is InChI=1S/C24H22BrNO7/c1-29-15-6-4-14(5-7-15)10-26-11-17(23(27)30-2)22(18(12-26)24(28)31-3)16-8-20-21(9-19(16)25)33-13-32-20/h4-9,11-12,22H,10,13H2,1-3H3. The van der Waals surface area contributed by atoms with Gasteiger partial charge in [0.1, 0.15) is 5.75 Å². The highest BCUT2D eigenvalue weighted by molar-refractivity contribution is 9.10. The summed E-state index contributed by atoms with van der Waals surface area (Å²) in [5.41, 5.74) is 2.18. The molecule has 2 aliphatic rings. The van der Waals surface area contributed by atoms with Crippen LogP contribution in [0.4, 0.5) is 0 Å². The van der Waals surface area contributed by atoms with Gasteiger partial charge in [0.25, 0.3) is 0 Å². The van der Waals surface area contributed by atoms with E-state index in [0.29, 0.717) is 28.1 Å². The van der Waals surface area contributed by atoms with E-state index in [1.807, 2.05) is 24.3 Å². The van der Waals surface area contributed by atoms with E-state index >= 15 is 0 Å². The topological polar surface area (TPSA) is 83.5 Å². The molecule has 9 heteroatoms. The van der Waals surface area contributed by atoms with Crippen molar-refractivity contribution in [2.75, 3.05) is 28.1 Å². The third kappa shape index (κ3) is 4.54. The summed E-state index contributed by atoms with van der Waals surface area (Å²) >= 11 is 3.55. The predicted octanol–water partition coefficient (Wildman–Crippen LogP) is 3.90. The Morgan fingerprint density at radius 1 is 0.970 bits per heavy atom. The van der Waals surface area contributed by atoms with Crippen LogP contribution in [-0.2, 0) is 25.6 Å². The van der Waals surface area contributed by atoms with Crippen LogP contribution in [0.25, 0.3) is 0 Å². The largest absolute Gasteiger partial charge is 0.497 e. The number of methoxy groups -OCH3 is 3. The lowest BCUT2D eigenvalue weighted by molar-refractivity contribution is -0.137. The molecule has 0 saturated heterocycles. The zero-order chi connectivity index (χ0) is 23.5. The molecule has 33 heavy (non-hydrogen) atoms. The molecular formula is C24H22BrNO7. The van der Waals surface area contributed by atoms with Crippen LogP contribution in [0.3, 0.4) is 0 Å². The van der Waals surface area contributed by atoms with Crippen molar-refractivity contribution in [3.05, 3.63) is 75.5 Å². The summed E-state index contributed by atoms with van der Waals surface area (Å²) in [7, 11) is 4.21. The molecule has 0 saturated carbocycles. The highest BCUT2D eigenvalue weighted by Crippen LogP contribution is 2.45. The molecule has 0 radical (unpaired) electrons. The van der Waals surface area contributed by atoms with E-state index in [9.17, 15) is 9.59 Å². The van der Waals surface area contributed by atoms with Gasteiger partial charge in [-0.1, -0.05) is 28.1 Å². The average molecular weight is 516 g/mol. The minimum atomic E-state index is -0.735. The van der Waals surface area contributed by atoms with Crippen LogP contribution in [0.15, 0.2) is 64.4 Å². The number of carbonyl (C=O) groups is 2. The molecule has 0 atom stereocenters. The van der Waals surface area contributed by atoms with Crippen molar-refractivity contribution in [3.8, 4) is 17.2 Å². The van der Waals surface area contributed by atoms with Gasteiger partial charge in [-0.2, -0.15) is 0 Å². The van der Waals surface area contributed by atoms with Crippen LogP contribution in [0.2, 0.25) is 0 Å². The number of rotatable bonds is 6. The number of benzene rings is 2. The fourth-order valence-corrected chi connectivity index (χ4v) is 4.36. The van der Waals surface area contributed by atoms with E-state index in [1.54, 1.807) is 36.5 Å². The molecule has 0 N–H and O–H groups in total. The lowest BCUT2D eigenvalue weighted by Gasteiger charge is -2.30. The molecule has 2 aromatic rings. The van der Waals surface area contributed by atoms with Gasteiger partial charge >= 0.3 is 11.9 Å². The van der Waals surface area contributed by atoms with Crippen molar-refractivity contribution >= 4 is 27.9 Å². The number of hydrogen-bond donors (Lipinski definition) is 0. The predicted molar refractivity (Wildman–Crippen MR) is 122 cm³/mol. The Kier molecular flexibility index (Phi) is 6.60. The highest BCUT2D eigenvalue weighted by Gasteiger charge is 2.37. The maximum Gasteiger partial charge on any atom is 0.336 e. The second kappa shape index (κ2) is 9.58. The van der Waals surface area contributed by atoms with E-state index in [2.05, 4.69) is 15.9 Å². The van der Waals surface area contributed by atoms with Gasteiger partial charge in [-0.25, -0.2) is 9.59 Å². The van der Waals surface area contributed by atoms with Crippen LogP contribution in [-0.4, -0.2) is 45.0 Å². The molecular weight excluding hydrogens is 494 g/mol. The molecule has 0 aliphatic carbocycles. The summed E-state index contributed by atoms with van der Waals surface area (Å²) in [6.45, 7) is 0.519. The summed E-state index contributed by atoms with van der Waals surface area (Å²) in [6, 6.07) is 11.0. The molecule has 4 rings (SSSR count). The molecule has 0 amide bonds. The normalized spacial score (nSPS) is 15.0. The third-order valence-electron chi connectivity index (χ3n) is 5.40. The van der Waals surface area contributed by atoms with Gasteiger partial charge in [0.2, 0.25) is 6.79 Å². The molecule has 2 aliphatic heterocycles. The van der Waals surface area contributed by atoms with Crippen LogP contribution < -0.4 is 14.2 Å². The molecule has 0 spiro atoms. The van der Waals surface area contributed by atoms with Crippen LogP contribution in [0, 0.1) is 0 Å². The Balaban J connectivity index is 1.78. The number of hydrogen-bond acceptors (Lipinski definition) is 8. The van der Waals surface area contributed by atoms with Crippen LogP contribution in [0.1, 0.15) is 17.0 Å². The number of halogens is 1. The molecule has 172 valence electrons. The Morgan fingerprint density at radius 3 is 2.09 bits per heavy atom. The lowest BCUT2D eigenvalue weighted by atomic mass is 9.83. The maximum atomic E-state index is 12.8. The maximum absolute atomic E-state index is 12.8. The number of fused-ring (bicyclic) bond motifs is 1. The second-order valence-corrected chi connectivity index (χ2v) is 8.19. The van der Waals surface area contributed by atoms with Gasteiger partial charge in [-0.05, 0) is 35.4 Å². The first kappa shape index (κ1) is 22.7. The minimum Gasteiger partial charge on any atom is -0.497 e. The number of nitrogens with zero attached hydrogens (tertiary/aromatic N) is 1. The molecule has 2 aromatic carbocycles. The van der Waals surface area contributed by atoms with Gasteiger partial charge in [0.05, 0.1) is 38.4 Å². The van der Waals surface area contributed by atoms with Crippen molar-refractivity contribution < 1.29 is 33.3 Å². The summed E-state index contributed by atoms with van der Waals surface area (Å²) in [5, 5.41) is 0. The number of carbonyl (C=O) groups excluding carboxylic acids is 2. The highest BCUT2D eigenvalue weighted by atomic mass is 79.9. The first-order valence-corrected chi connectivity index (χ1v) is 10.8. The monoisotopic (exact) mass is 515 g/mol. The quantitative estimate of drug-likeness (QED) is 0.535. The van der Waals surface area contributed by atoms with Gasteiger partial charge in [0, 0.05) is 23.4 Å². The Labute approximate surface area is 199 Å². The zero-order valence-corrected chi connectivity index (χ0v) is 19.9. The van der Waals surface area contributed by atoms with Gasteiger partial charge in [-0.3, -0.25) is 0 Å². The molecule has 0 aromatic heterocycles. The zero-order valence-electron chi connectivity index (χ0n) is 18.3. The fourth-order valence-electron chi connectivity index (χ4n) is 3.81. The lowest BCUT2D eigenvalue weighted by Crippen LogP contribution is -2.28. The van der Waals surface area contributed by atoms with Crippen molar-refractivity contribution in [2.45, 2.75) is 12.5 Å². The van der Waals surface area contributed by atoms with E-state index in [-0.39, 0.29) is 17.9 Å². The third-order valence-corrected chi connectivity index (χ3v) is 6.09. The number of ether oxygens (including phenoxy) is 5. The van der Waals surface area contributed by atoms with Crippen molar-refractivity contribution in [1.82, 2.24) is 4.90 Å². The Hall–Kier alpha value is -3.46. The van der Waals surface area contributed by atoms with Crippen LogP contribution in [0.5, 0.6) is 17.2 Å². The van der Waals surface area contributed by atoms with E-state index in [4.69, 9.17) is 23.7 Å². The summed E-state index contributed by atoms with van der Waals surface area (Å²) in [5.74, 6) is -0.00255. The van der Waals surface area contributed by atoms with Crippen LogP contribution >= 0.6 is 15.9 Å². The van der Waals surface area contributed by atoms with Crippen molar-refractivity contribution in [3.63, 3.8) is 0 Å². The van der Waals surface area contributed by atoms with Gasteiger partial charge in [-0.15, -0.1) is 0 Å². The summed E-state index contributed by atoms with van der Waals surface area (Å²) < 4.78 is 26.9. The first-order valence-electron chi connectivity index (χ1n) is 10.0. The van der Waals surface area contributed by atoms with Crippen molar-refractivity contribution in [2.24, 2.45) is 0 Å². The molecule has 2 heterocycles. The average Bonchev–Trinajstić information content (AvgIpc) is 3.29. The smallest absolute Gasteiger partial charge is 0.336 e. The number of esters is 2. The first-order chi connectivity index (χ1) is 15.9. The summed E-state index contributed by atoms with van der Waals surface area (Å²) in [6.07, 6.45) is 3.37. The van der Waals surface area contributed by atoms with E-state index in [0.717, 1.165) is 11.3 Å². The molecule has 0 bridgehead atoms. The fraction of sp³-hybridized carbons (Fsp3) is 0.250. The van der Waals surface area contributed by atoms with Gasteiger partial charge in [0.15, 0.2) is 11.5 Å². The van der Waals surface area contributed by atoms with Crippen molar-refractivity contribution in [1.29, 1.82) is 0 Å². The summed E-state index contributed by atoms with van der Waals surface area (Å²) in [4.78, 5) is 27.5. The van der Waals surface area contributed by atoms with E-state index < -0.39 is 17.9 Å². The molecule has 0 fully saturated rings. The SMILES string of the molecule is COC(=O)C1=CN(Cc2ccc(OC)cc2)C=C(C(=O)OC)C1c1cc2c(cc1Br)OCO2. The molecule has 0 unspecified atom stereocenters. The minimum absolute atomic E-state index is 0.102. The Bertz CT molecular complexity index is 1110. The Morgan fingerprint density at radius 2 is 1.55 bits per heavy atom. The van der Waals surface area contributed by atoms with Gasteiger partial charge < -0.3 is 28.6 Å². The molecule has 8 nitrogen and oxygen atoms in total.